The number of hydrogen-bond acceptors (Lipinski definition) is 6. The van der Waals surface area contributed by atoms with Crippen molar-refractivity contribution in [2.45, 2.75) is 50.8 Å². The first kappa shape index (κ1) is 22.6. The molecule has 0 radical (unpaired) electrons. The van der Waals surface area contributed by atoms with E-state index in [-0.39, 0.29) is 30.4 Å². The summed E-state index contributed by atoms with van der Waals surface area (Å²) in [7, 11) is 0. The lowest BCUT2D eigenvalue weighted by molar-refractivity contribution is -0.214. The van der Waals surface area contributed by atoms with E-state index >= 15 is 0 Å². The molecule has 0 aliphatic heterocycles. The Morgan fingerprint density at radius 2 is 1.97 bits per heavy atom. The highest BCUT2D eigenvalue weighted by molar-refractivity contribution is 5.89. The number of halogens is 3. The average Bonchev–Trinajstić information content (AvgIpc) is 3.30. The molecule has 0 bridgehead atoms. The summed E-state index contributed by atoms with van der Waals surface area (Å²) in [6, 6.07) is 8.26. The Morgan fingerprint density at radius 3 is 2.66 bits per heavy atom. The van der Waals surface area contributed by atoms with Crippen LogP contribution < -0.4 is 5.32 Å². The number of furan rings is 1. The van der Waals surface area contributed by atoms with Gasteiger partial charge in [0.25, 0.3) is 0 Å². The van der Waals surface area contributed by atoms with Gasteiger partial charge in [0.05, 0.1) is 17.4 Å². The van der Waals surface area contributed by atoms with Gasteiger partial charge in [-0.2, -0.15) is 13.2 Å². The number of rotatable bonds is 6. The van der Waals surface area contributed by atoms with E-state index in [0.717, 1.165) is 12.1 Å². The number of hydrogen-bond donors (Lipinski definition) is 3. The Morgan fingerprint density at radius 1 is 1.19 bits per heavy atom. The molecule has 9 heteroatoms. The monoisotopic (exact) mass is 450 g/mol. The first-order chi connectivity index (χ1) is 15.0. The van der Waals surface area contributed by atoms with Crippen LogP contribution in [-0.4, -0.2) is 39.7 Å². The summed E-state index contributed by atoms with van der Waals surface area (Å²) in [5.74, 6) is -1.15. The van der Waals surface area contributed by atoms with Crippen molar-refractivity contribution < 1.29 is 32.5 Å². The summed E-state index contributed by atoms with van der Waals surface area (Å²) < 4.78 is 50.8. The molecule has 3 aromatic rings. The first-order valence-electron chi connectivity index (χ1n) is 10.4. The molecule has 1 unspecified atom stereocenters. The quantitative estimate of drug-likeness (QED) is 0.467. The highest BCUT2D eigenvalue weighted by Crippen LogP contribution is 2.37. The molecule has 172 valence electrons. The Labute approximate surface area is 183 Å². The molecule has 0 saturated heterocycles. The van der Waals surface area contributed by atoms with Crippen LogP contribution >= 0.6 is 0 Å². The summed E-state index contributed by atoms with van der Waals surface area (Å²) in [4.78, 5) is 4.27. The number of anilines is 1. The minimum absolute atomic E-state index is 0.0489. The van der Waals surface area contributed by atoms with Gasteiger partial charge in [-0.3, -0.25) is 4.98 Å². The maximum Gasteiger partial charge on any atom is 0.416 e. The van der Waals surface area contributed by atoms with Gasteiger partial charge in [-0.1, -0.05) is 12.1 Å². The molecule has 1 saturated carbocycles. The molecule has 1 aliphatic rings. The van der Waals surface area contributed by atoms with Crippen molar-refractivity contribution in [2.24, 2.45) is 5.92 Å². The Bertz CT molecular complexity index is 1090. The van der Waals surface area contributed by atoms with Crippen molar-refractivity contribution in [3.05, 3.63) is 48.2 Å². The number of aromatic nitrogens is 1. The normalized spacial score (nSPS) is 21.9. The minimum atomic E-state index is -4.44. The fourth-order valence-corrected chi connectivity index (χ4v) is 4.17. The summed E-state index contributed by atoms with van der Waals surface area (Å²) in [5.41, 5.74) is 1.17. The van der Waals surface area contributed by atoms with E-state index in [1.165, 1.54) is 6.07 Å². The van der Waals surface area contributed by atoms with Crippen molar-refractivity contribution >= 4 is 16.8 Å². The van der Waals surface area contributed by atoms with Crippen LogP contribution in [0.25, 0.3) is 22.4 Å². The lowest BCUT2D eigenvalue weighted by Gasteiger charge is -2.26. The van der Waals surface area contributed by atoms with Crippen molar-refractivity contribution in [3.63, 3.8) is 0 Å². The molecule has 2 aromatic heterocycles. The standard InChI is InChI=1S/C23H25F3N2O4/c1-22(2,30)32-20-10-16(9-14(20)12-29)28-17-6-7-27-18-11-19(31-21(17)18)13-4-3-5-15(8-13)23(24,25)26/h3-8,11,14,16,20,29-30H,9-10,12H2,1-2H3,(H,27,28)/t14-,16-,20?/m1/s1. The van der Waals surface area contributed by atoms with Crippen LogP contribution in [0.15, 0.2) is 47.0 Å². The zero-order chi connectivity index (χ0) is 23.1. The SMILES string of the molecule is CC(C)(O)OC1C[C@H](Nc2ccnc3cc(-c4cccc(C(F)(F)F)c4)oc23)C[C@@H]1CO. The summed E-state index contributed by atoms with van der Waals surface area (Å²) in [6.45, 7) is 3.03. The van der Waals surface area contributed by atoms with Crippen LogP contribution in [-0.2, 0) is 10.9 Å². The molecular weight excluding hydrogens is 425 g/mol. The lowest BCUT2D eigenvalue weighted by Crippen LogP contribution is -2.33. The van der Waals surface area contributed by atoms with Crippen LogP contribution in [0.1, 0.15) is 32.3 Å². The van der Waals surface area contributed by atoms with Gasteiger partial charge in [-0.15, -0.1) is 0 Å². The van der Waals surface area contributed by atoms with E-state index in [1.54, 1.807) is 38.2 Å². The molecular formula is C23H25F3N2O4. The van der Waals surface area contributed by atoms with E-state index in [1.807, 2.05) is 0 Å². The maximum atomic E-state index is 13.1. The number of alkyl halides is 3. The summed E-state index contributed by atoms with van der Waals surface area (Å²) in [6.07, 6.45) is -1.96. The topological polar surface area (TPSA) is 87.8 Å². The smallest absolute Gasteiger partial charge is 0.416 e. The minimum Gasteiger partial charge on any atom is -0.452 e. The van der Waals surface area contributed by atoms with Gasteiger partial charge in [0, 0.05) is 36.4 Å². The van der Waals surface area contributed by atoms with E-state index in [9.17, 15) is 23.4 Å². The van der Waals surface area contributed by atoms with Gasteiger partial charge in [0.2, 0.25) is 0 Å². The largest absolute Gasteiger partial charge is 0.452 e. The molecule has 2 heterocycles. The van der Waals surface area contributed by atoms with E-state index in [2.05, 4.69) is 10.3 Å². The molecule has 0 spiro atoms. The van der Waals surface area contributed by atoms with Gasteiger partial charge in [0.1, 0.15) is 11.3 Å². The van der Waals surface area contributed by atoms with E-state index in [4.69, 9.17) is 9.15 Å². The second-order valence-electron chi connectivity index (χ2n) is 8.62. The Kier molecular flexibility index (Phi) is 5.91. The van der Waals surface area contributed by atoms with Gasteiger partial charge in [-0.05, 0) is 44.9 Å². The van der Waals surface area contributed by atoms with Crippen LogP contribution in [0, 0.1) is 5.92 Å². The van der Waals surface area contributed by atoms with Crippen LogP contribution in [0.4, 0.5) is 18.9 Å². The van der Waals surface area contributed by atoms with Crippen LogP contribution in [0.5, 0.6) is 0 Å². The molecule has 1 aliphatic carbocycles. The zero-order valence-electron chi connectivity index (χ0n) is 17.7. The summed E-state index contributed by atoms with van der Waals surface area (Å²) >= 11 is 0. The third-order valence-corrected chi connectivity index (χ3v) is 5.55. The highest BCUT2D eigenvalue weighted by atomic mass is 19.4. The number of aliphatic hydroxyl groups excluding tert-OH is 1. The number of nitrogens with one attached hydrogen (secondary N) is 1. The predicted octanol–water partition coefficient (Wildman–Crippen LogP) is 4.81. The number of ether oxygens (including phenoxy) is 1. The fraction of sp³-hybridized carbons (Fsp3) is 0.435. The Hall–Kier alpha value is -2.62. The predicted molar refractivity (Wildman–Crippen MR) is 113 cm³/mol. The zero-order valence-corrected chi connectivity index (χ0v) is 17.7. The number of pyridine rings is 1. The number of nitrogens with zero attached hydrogens (tertiary/aromatic N) is 1. The van der Waals surface area contributed by atoms with Crippen LogP contribution in [0.2, 0.25) is 0 Å². The molecule has 0 amide bonds. The van der Waals surface area contributed by atoms with Gasteiger partial charge in [-0.25, -0.2) is 0 Å². The molecule has 1 fully saturated rings. The van der Waals surface area contributed by atoms with Crippen molar-refractivity contribution in [3.8, 4) is 11.3 Å². The van der Waals surface area contributed by atoms with Gasteiger partial charge < -0.3 is 24.7 Å². The van der Waals surface area contributed by atoms with E-state index in [0.29, 0.717) is 35.2 Å². The van der Waals surface area contributed by atoms with Crippen molar-refractivity contribution in [2.75, 3.05) is 11.9 Å². The highest BCUT2D eigenvalue weighted by Gasteiger charge is 2.37. The first-order valence-corrected chi connectivity index (χ1v) is 10.4. The average molecular weight is 450 g/mol. The van der Waals surface area contributed by atoms with Gasteiger partial charge >= 0.3 is 6.18 Å². The molecule has 3 atom stereocenters. The molecule has 6 nitrogen and oxygen atoms in total. The van der Waals surface area contributed by atoms with E-state index < -0.39 is 17.5 Å². The lowest BCUT2D eigenvalue weighted by atomic mass is 10.1. The maximum absolute atomic E-state index is 13.1. The Balaban J connectivity index is 1.58. The van der Waals surface area contributed by atoms with Crippen molar-refractivity contribution in [1.82, 2.24) is 4.98 Å². The fourth-order valence-electron chi connectivity index (χ4n) is 4.17. The number of fused-ring (bicyclic) bond motifs is 1. The molecule has 1 aromatic carbocycles. The van der Waals surface area contributed by atoms with Crippen LogP contribution in [0.3, 0.4) is 0 Å². The number of aliphatic hydroxyl groups is 2. The third kappa shape index (κ3) is 4.90. The molecule has 32 heavy (non-hydrogen) atoms. The molecule has 4 rings (SSSR count). The second kappa shape index (κ2) is 8.38. The molecule has 3 N–H and O–H groups in total. The summed E-state index contributed by atoms with van der Waals surface area (Å²) in [5, 5.41) is 23.0. The number of benzene rings is 1. The van der Waals surface area contributed by atoms with Crippen molar-refractivity contribution in [1.29, 1.82) is 0 Å². The van der Waals surface area contributed by atoms with Gasteiger partial charge in [0.15, 0.2) is 11.4 Å². The second-order valence-corrected chi connectivity index (χ2v) is 8.62. The third-order valence-electron chi connectivity index (χ3n) is 5.55.